The second-order valence-corrected chi connectivity index (χ2v) is 6.83. The van der Waals surface area contributed by atoms with Crippen molar-refractivity contribution in [2.75, 3.05) is 36.0 Å². The first-order valence-electron chi connectivity index (χ1n) is 9.40. The van der Waals surface area contributed by atoms with E-state index in [1.807, 2.05) is 42.2 Å². The summed E-state index contributed by atoms with van der Waals surface area (Å²) in [4.78, 5) is 23.8. The van der Waals surface area contributed by atoms with Gasteiger partial charge in [-0.15, -0.1) is 0 Å². The number of hydrogen-bond acceptors (Lipinski definition) is 7. The van der Waals surface area contributed by atoms with Gasteiger partial charge in [-0.25, -0.2) is 4.98 Å². The lowest BCUT2D eigenvalue weighted by Crippen LogP contribution is -2.47. The number of nitro groups is 1. The SMILES string of the molecule is Cc1ccc(Oc2ncnc(N3CCN(c4ccccc4)CC3)c2[N+](=O)[O-])cc1. The fourth-order valence-electron chi connectivity index (χ4n) is 3.35. The molecule has 0 spiro atoms. The van der Waals surface area contributed by atoms with Crippen LogP contribution >= 0.6 is 0 Å². The van der Waals surface area contributed by atoms with Gasteiger partial charge in [-0.2, -0.15) is 4.98 Å². The molecule has 2 heterocycles. The highest BCUT2D eigenvalue weighted by Crippen LogP contribution is 2.36. The molecule has 0 radical (unpaired) electrons. The summed E-state index contributed by atoms with van der Waals surface area (Å²) in [5.74, 6) is 0.742. The zero-order chi connectivity index (χ0) is 20.2. The lowest BCUT2D eigenvalue weighted by molar-refractivity contribution is -0.385. The summed E-state index contributed by atoms with van der Waals surface area (Å²) in [6, 6.07) is 17.4. The maximum atomic E-state index is 11.8. The number of para-hydroxylation sites is 1. The van der Waals surface area contributed by atoms with Gasteiger partial charge in [0.05, 0.1) is 4.92 Å². The van der Waals surface area contributed by atoms with Gasteiger partial charge >= 0.3 is 11.6 Å². The molecular formula is C21H21N5O3. The number of hydrogen-bond donors (Lipinski definition) is 0. The number of aromatic nitrogens is 2. The van der Waals surface area contributed by atoms with Crippen molar-refractivity contribution in [1.29, 1.82) is 0 Å². The summed E-state index contributed by atoms with van der Waals surface area (Å²) in [6.45, 7) is 4.70. The van der Waals surface area contributed by atoms with Crippen molar-refractivity contribution in [2.24, 2.45) is 0 Å². The van der Waals surface area contributed by atoms with Crippen LogP contribution in [0.15, 0.2) is 60.9 Å². The van der Waals surface area contributed by atoms with Crippen molar-refractivity contribution in [3.63, 3.8) is 0 Å². The molecule has 1 aliphatic heterocycles. The van der Waals surface area contributed by atoms with Crippen molar-refractivity contribution >= 4 is 17.2 Å². The topological polar surface area (TPSA) is 84.6 Å². The zero-order valence-electron chi connectivity index (χ0n) is 16.1. The summed E-state index contributed by atoms with van der Waals surface area (Å²) < 4.78 is 5.72. The summed E-state index contributed by atoms with van der Waals surface area (Å²) in [6.07, 6.45) is 1.31. The van der Waals surface area contributed by atoms with Crippen LogP contribution in [-0.4, -0.2) is 41.1 Å². The molecule has 148 valence electrons. The number of benzene rings is 2. The highest BCUT2D eigenvalue weighted by Gasteiger charge is 2.30. The normalized spacial score (nSPS) is 14.0. The standard InChI is InChI=1S/C21H21N5O3/c1-16-7-9-18(10-8-16)29-21-19(26(27)28)20(22-15-23-21)25-13-11-24(12-14-25)17-5-3-2-4-6-17/h2-10,15H,11-14H2,1H3. The number of ether oxygens (including phenoxy) is 1. The van der Waals surface area contributed by atoms with Crippen LogP contribution in [0.1, 0.15) is 5.56 Å². The van der Waals surface area contributed by atoms with Crippen LogP contribution < -0.4 is 14.5 Å². The lowest BCUT2D eigenvalue weighted by atomic mass is 10.2. The minimum absolute atomic E-state index is 0.0469. The van der Waals surface area contributed by atoms with Crippen molar-refractivity contribution in [3.8, 4) is 11.6 Å². The molecule has 2 aromatic carbocycles. The van der Waals surface area contributed by atoms with E-state index in [9.17, 15) is 10.1 Å². The number of anilines is 2. The number of nitrogens with zero attached hydrogens (tertiary/aromatic N) is 5. The molecule has 3 aromatic rings. The molecule has 0 saturated carbocycles. The number of rotatable bonds is 5. The van der Waals surface area contributed by atoms with E-state index in [1.165, 1.54) is 6.33 Å². The first-order chi connectivity index (χ1) is 14.1. The van der Waals surface area contributed by atoms with Gasteiger partial charge in [-0.3, -0.25) is 10.1 Å². The van der Waals surface area contributed by atoms with E-state index in [0.717, 1.165) is 24.3 Å². The van der Waals surface area contributed by atoms with Crippen molar-refractivity contribution in [3.05, 3.63) is 76.6 Å². The van der Waals surface area contributed by atoms with Crippen molar-refractivity contribution in [1.82, 2.24) is 9.97 Å². The van der Waals surface area contributed by atoms with E-state index in [4.69, 9.17) is 4.74 Å². The molecule has 0 N–H and O–H groups in total. The first-order valence-corrected chi connectivity index (χ1v) is 9.40. The zero-order valence-corrected chi connectivity index (χ0v) is 16.1. The molecule has 0 aliphatic carbocycles. The lowest BCUT2D eigenvalue weighted by Gasteiger charge is -2.36. The molecule has 0 unspecified atom stereocenters. The van der Waals surface area contributed by atoms with E-state index in [0.29, 0.717) is 24.7 Å². The van der Waals surface area contributed by atoms with E-state index in [2.05, 4.69) is 27.0 Å². The van der Waals surface area contributed by atoms with Crippen LogP contribution in [0.25, 0.3) is 0 Å². The Morgan fingerprint density at radius 3 is 2.24 bits per heavy atom. The number of aryl methyl sites for hydroxylation is 1. The highest BCUT2D eigenvalue weighted by atomic mass is 16.6. The van der Waals surface area contributed by atoms with E-state index in [1.54, 1.807) is 12.1 Å². The second-order valence-electron chi connectivity index (χ2n) is 6.83. The van der Waals surface area contributed by atoms with Gasteiger partial charge in [0.15, 0.2) is 0 Å². The van der Waals surface area contributed by atoms with Gasteiger partial charge < -0.3 is 14.5 Å². The Morgan fingerprint density at radius 1 is 0.931 bits per heavy atom. The van der Waals surface area contributed by atoms with Crippen molar-refractivity contribution in [2.45, 2.75) is 6.92 Å². The molecule has 4 rings (SSSR count). The van der Waals surface area contributed by atoms with Gasteiger partial charge in [-0.1, -0.05) is 35.9 Å². The second kappa shape index (κ2) is 8.14. The van der Waals surface area contributed by atoms with E-state index >= 15 is 0 Å². The van der Waals surface area contributed by atoms with Crippen LogP contribution in [-0.2, 0) is 0 Å². The van der Waals surface area contributed by atoms with Gasteiger partial charge in [0.1, 0.15) is 12.1 Å². The molecule has 1 aromatic heterocycles. The maximum Gasteiger partial charge on any atom is 0.373 e. The van der Waals surface area contributed by atoms with Crippen molar-refractivity contribution < 1.29 is 9.66 Å². The smallest absolute Gasteiger partial charge is 0.373 e. The molecule has 1 saturated heterocycles. The maximum absolute atomic E-state index is 11.8. The first kappa shape index (κ1) is 18.7. The predicted molar refractivity (Wildman–Crippen MR) is 111 cm³/mol. The third-order valence-electron chi connectivity index (χ3n) is 4.89. The molecule has 1 fully saturated rings. The Bertz CT molecular complexity index is 987. The summed E-state index contributed by atoms with van der Waals surface area (Å²) in [7, 11) is 0. The predicted octanol–water partition coefficient (Wildman–Crippen LogP) is 3.81. The quantitative estimate of drug-likeness (QED) is 0.483. The molecule has 0 atom stereocenters. The monoisotopic (exact) mass is 391 g/mol. The molecule has 29 heavy (non-hydrogen) atoms. The fraction of sp³-hybridized carbons (Fsp3) is 0.238. The Kier molecular flexibility index (Phi) is 5.24. The van der Waals surface area contributed by atoms with Crippen LogP contribution in [0.2, 0.25) is 0 Å². The average Bonchev–Trinajstić information content (AvgIpc) is 2.76. The van der Waals surface area contributed by atoms with Crippen LogP contribution in [0.4, 0.5) is 17.2 Å². The molecule has 0 amide bonds. The molecule has 0 bridgehead atoms. The minimum Gasteiger partial charge on any atom is -0.434 e. The Hall–Kier alpha value is -3.68. The third kappa shape index (κ3) is 4.11. The van der Waals surface area contributed by atoms with Gasteiger partial charge in [0, 0.05) is 31.9 Å². The molecule has 1 aliphatic rings. The van der Waals surface area contributed by atoms with Crippen LogP contribution in [0.5, 0.6) is 11.6 Å². The van der Waals surface area contributed by atoms with Crippen LogP contribution in [0.3, 0.4) is 0 Å². The Balaban J connectivity index is 1.56. The number of piperazine rings is 1. The minimum atomic E-state index is -0.470. The van der Waals surface area contributed by atoms with E-state index in [-0.39, 0.29) is 11.6 Å². The van der Waals surface area contributed by atoms with Gasteiger partial charge in [0.2, 0.25) is 5.82 Å². The Morgan fingerprint density at radius 2 is 1.59 bits per heavy atom. The third-order valence-corrected chi connectivity index (χ3v) is 4.89. The summed E-state index contributed by atoms with van der Waals surface area (Å²) >= 11 is 0. The van der Waals surface area contributed by atoms with E-state index < -0.39 is 4.92 Å². The fourth-order valence-corrected chi connectivity index (χ4v) is 3.35. The molecular weight excluding hydrogens is 370 g/mol. The highest BCUT2D eigenvalue weighted by molar-refractivity contribution is 5.64. The Labute approximate surface area is 168 Å². The van der Waals surface area contributed by atoms with Gasteiger partial charge in [0.25, 0.3) is 0 Å². The van der Waals surface area contributed by atoms with Crippen LogP contribution in [0, 0.1) is 17.0 Å². The average molecular weight is 391 g/mol. The molecule has 8 heteroatoms. The van der Waals surface area contributed by atoms with Gasteiger partial charge in [-0.05, 0) is 31.2 Å². The molecule has 8 nitrogen and oxygen atoms in total. The summed E-state index contributed by atoms with van der Waals surface area (Å²) in [5, 5.41) is 11.8. The summed E-state index contributed by atoms with van der Waals surface area (Å²) in [5.41, 5.74) is 2.01. The largest absolute Gasteiger partial charge is 0.434 e.